The van der Waals surface area contributed by atoms with Crippen LogP contribution in [0.5, 0.6) is 0 Å². The van der Waals surface area contributed by atoms with Gasteiger partial charge in [0.1, 0.15) is 0 Å². The topological polar surface area (TPSA) is 58.2 Å². The van der Waals surface area contributed by atoms with Crippen LogP contribution in [0.2, 0.25) is 0 Å². The van der Waals surface area contributed by atoms with Gasteiger partial charge in [-0.15, -0.1) is 0 Å². The third-order valence-corrected chi connectivity index (χ3v) is 4.87. The summed E-state index contributed by atoms with van der Waals surface area (Å²) < 4.78 is 0. The lowest BCUT2D eigenvalue weighted by molar-refractivity contribution is -0.111. The molecule has 0 bridgehead atoms. The van der Waals surface area contributed by atoms with Gasteiger partial charge in [0.05, 0.1) is 11.3 Å². The number of para-hydroxylation sites is 1. The van der Waals surface area contributed by atoms with Crippen molar-refractivity contribution in [2.75, 3.05) is 5.32 Å². The second-order valence-electron chi connectivity index (χ2n) is 7.09. The van der Waals surface area contributed by atoms with Crippen LogP contribution >= 0.6 is 0 Å². The molecule has 4 heteroatoms. The lowest BCUT2D eigenvalue weighted by Crippen LogP contribution is -2.36. The van der Waals surface area contributed by atoms with E-state index >= 15 is 0 Å². The maximum atomic E-state index is 12.6. The fourth-order valence-electron chi connectivity index (χ4n) is 3.32. The van der Waals surface area contributed by atoms with Gasteiger partial charge in [0.2, 0.25) is 5.91 Å². The standard InChI is InChI=1S/C23H26N2O2/c1-17-11-13-18(14-12-17)15-16-22(26)25-21-10-6-5-9-20(21)23(27)24-19-7-3-2-4-8-19/h5-6,9-16,19H,2-4,7-8H2,1H3,(H,24,27)(H,25,26)/b16-15-. The fourth-order valence-corrected chi connectivity index (χ4v) is 3.32. The molecule has 4 nitrogen and oxygen atoms in total. The molecular formula is C23H26N2O2. The highest BCUT2D eigenvalue weighted by Crippen LogP contribution is 2.20. The lowest BCUT2D eigenvalue weighted by Gasteiger charge is -2.23. The average Bonchev–Trinajstić information content (AvgIpc) is 2.69. The van der Waals surface area contributed by atoms with E-state index < -0.39 is 0 Å². The van der Waals surface area contributed by atoms with Crippen molar-refractivity contribution < 1.29 is 9.59 Å². The van der Waals surface area contributed by atoms with Crippen molar-refractivity contribution in [3.05, 3.63) is 71.3 Å². The Hall–Kier alpha value is -2.88. The van der Waals surface area contributed by atoms with Crippen molar-refractivity contribution in [2.24, 2.45) is 0 Å². The third kappa shape index (κ3) is 5.55. The van der Waals surface area contributed by atoms with Gasteiger partial charge in [0.15, 0.2) is 0 Å². The zero-order valence-corrected chi connectivity index (χ0v) is 15.7. The number of anilines is 1. The molecule has 2 aromatic rings. The third-order valence-electron chi connectivity index (χ3n) is 4.87. The van der Waals surface area contributed by atoms with E-state index in [2.05, 4.69) is 10.6 Å². The molecule has 0 saturated heterocycles. The molecule has 0 spiro atoms. The molecule has 0 atom stereocenters. The number of hydrogen-bond donors (Lipinski definition) is 2. The van der Waals surface area contributed by atoms with Crippen molar-refractivity contribution in [3.63, 3.8) is 0 Å². The quantitative estimate of drug-likeness (QED) is 0.757. The highest BCUT2D eigenvalue weighted by atomic mass is 16.2. The average molecular weight is 362 g/mol. The number of aryl methyl sites for hydroxylation is 1. The van der Waals surface area contributed by atoms with Crippen molar-refractivity contribution in [3.8, 4) is 0 Å². The Morgan fingerprint density at radius 3 is 2.41 bits per heavy atom. The molecule has 27 heavy (non-hydrogen) atoms. The van der Waals surface area contributed by atoms with E-state index in [-0.39, 0.29) is 17.9 Å². The minimum atomic E-state index is -0.256. The molecule has 0 aromatic heterocycles. The number of benzene rings is 2. The van der Waals surface area contributed by atoms with Crippen molar-refractivity contribution in [1.29, 1.82) is 0 Å². The molecule has 1 saturated carbocycles. The van der Waals surface area contributed by atoms with Crippen LogP contribution in [-0.2, 0) is 4.79 Å². The molecule has 3 rings (SSSR count). The maximum Gasteiger partial charge on any atom is 0.253 e. The molecule has 1 aliphatic rings. The summed E-state index contributed by atoms with van der Waals surface area (Å²) in [5, 5.41) is 5.93. The smallest absolute Gasteiger partial charge is 0.253 e. The van der Waals surface area contributed by atoms with Crippen LogP contribution in [0.3, 0.4) is 0 Å². The van der Waals surface area contributed by atoms with E-state index in [4.69, 9.17) is 0 Å². The fraction of sp³-hybridized carbons (Fsp3) is 0.304. The predicted octanol–water partition coefficient (Wildman–Crippen LogP) is 4.71. The molecule has 2 amide bonds. The molecule has 0 radical (unpaired) electrons. The molecule has 0 heterocycles. The lowest BCUT2D eigenvalue weighted by atomic mass is 9.95. The van der Waals surface area contributed by atoms with Gasteiger partial charge >= 0.3 is 0 Å². The van der Waals surface area contributed by atoms with Crippen molar-refractivity contribution in [1.82, 2.24) is 5.32 Å². The highest BCUT2D eigenvalue weighted by Gasteiger charge is 2.18. The van der Waals surface area contributed by atoms with Gasteiger partial charge in [-0.1, -0.05) is 61.2 Å². The van der Waals surface area contributed by atoms with Gasteiger partial charge < -0.3 is 10.6 Å². The first kappa shape index (κ1) is 18.9. The molecule has 2 N–H and O–H groups in total. The Morgan fingerprint density at radius 1 is 0.963 bits per heavy atom. The predicted molar refractivity (Wildman–Crippen MR) is 110 cm³/mol. The van der Waals surface area contributed by atoms with Gasteiger partial charge in [-0.05, 0) is 43.5 Å². The molecule has 0 unspecified atom stereocenters. The second kappa shape index (κ2) is 9.17. The number of nitrogens with one attached hydrogen (secondary N) is 2. The normalized spacial score (nSPS) is 14.9. The Morgan fingerprint density at radius 2 is 1.67 bits per heavy atom. The van der Waals surface area contributed by atoms with Crippen LogP contribution in [0.4, 0.5) is 5.69 Å². The Kier molecular flexibility index (Phi) is 6.42. The second-order valence-corrected chi connectivity index (χ2v) is 7.09. The number of rotatable bonds is 5. The van der Waals surface area contributed by atoms with E-state index in [9.17, 15) is 9.59 Å². The van der Waals surface area contributed by atoms with E-state index in [1.165, 1.54) is 18.1 Å². The minimum Gasteiger partial charge on any atom is -0.349 e. The van der Waals surface area contributed by atoms with Crippen LogP contribution < -0.4 is 10.6 Å². The van der Waals surface area contributed by atoms with Crippen molar-refractivity contribution in [2.45, 2.75) is 45.1 Å². The summed E-state index contributed by atoms with van der Waals surface area (Å²) >= 11 is 0. The van der Waals surface area contributed by atoms with Crippen LogP contribution in [0, 0.1) is 6.92 Å². The molecule has 1 fully saturated rings. The van der Waals surface area contributed by atoms with Crippen LogP contribution in [0.25, 0.3) is 6.08 Å². The van der Waals surface area contributed by atoms with E-state index in [1.54, 1.807) is 18.2 Å². The number of amides is 2. The van der Waals surface area contributed by atoms with Gasteiger partial charge in [0.25, 0.3) is 5.91 Å². The number of carbonyl (C=O) groups excluding carboxylic acids is 2. The van der Waals surface area contributed by atoms with E-state index in [1.807, 2.05) is 43.3 Å². The Bertz CT molecular complexity index is 819. The van der Waals surface area contributed by atoms with Crippen LogP contribution in [0.1, 0.15) is 53.6 Å². The van der Waals surface area contributed by atoms with Crippen LogP contribution in [0.15, 0.2) is 54.6 Å². The van der Waals surface area contributed by atoms with E-state index in [0.717, 1.165) is 31.2 Å². The molecular weight excluding hydrogens is 336 g/mol. The van der Waals surface area contributed by atoms with Gasteiger partial charge in [-0.3, -0.25) is 9.59 Å². The summed E-state index contributed by atoms with van der Waals surface area (Å²) in [6.07, 6.45) is 8.87. The van der Waals surface area contributed by atoms with Gasteiger partial charge in [-0.2, -0.15) is 0 Å². The monoisotopic (exact) mass is 362 g/mol. The van der Waals surface area contributed by atoms with Crippen molar-refractivity contribution >= 4 is 23.6 Å². The number of carbonyl (C=O) groups is 2. The molecule has 0 aliphatic heterocycles. The highest BCUT2D eigenvalue weighted by molar-refractivity contribution is 6.07. The summed E-state index contributed by atoms with van der Waals surface area (Å²) in [5.41, 5.74) is 3.16. The summed E-state index contributed by atoms with van der Waals surface area (Å²) in [6.45, 7) is 2.02. The largest absolute Gasteiger partial charge is 0.349 e. The molecule has 140 valence electrons. The zero-order valence-electron chi connectivity index (χ0n) is 15.7. The van der Waals surface area contributed by atoms with Gasteiger partial charge in [0, 0.05) is 12.1 Å². The summed E-state index contributed by atoms with van der Waals surface area (Å²) in [7, 11) is 0. The number of hydrogen-bond acceptors (Lipinski definition) is 2. The first-order chi connectivity index (χ1) is 13.1. The minimum absolute atomic E-state index is 0.125. The summed E-state index contributed by atoms with van der Waals surface area (Å²) in [5.74, 6) is -0.381. The maximum absolute atomic E-state index is 12.6. The summed E-state index contributed by atoms with van der Waals surface area (Å²) in [4.78, 5) is 24.9. The van der Waals surface area contributed by atoms with Gasteiger partial charge in [-0.25, -0.2) is 0 Å². The Balaban J connectivity index is 1.65. The summed E-state index contributed by atoms with van der Waals surface area (Å²) in [6, 6.07) is 15.3. The first-order valence-corrected chi connectivity index (χ1v) is 9.57. The first-order valence-electron chi connectivity index (χ1n) is 9.57. The zero-order chi connectivity index (χ0) is 19.1. The Labute approximate surface area is 160 Å². The van der Waals surface area contributed by atoms with Crippen LogP contribution in [-0.4, -0.2) is 17.9 Å². The van der Waals surface area contributed by atoms with E-state index in [0.29, 0.717) is 11.3 Å². The SMILES string of the molecule is Cc1ccc(/C=C\C(=O)Nc2ccccc2C(=O)NC2CCCCC2)cc1. The molecule has 2 aromatic carbocycles. The molecule has 1 aliphatic carbocycles.